The first-order chi connectivity index (χ1) is 9.06. The molecule has 0 aliphatic heterocycles. The summed E-state index contributed by atoms with van der Waals surface area (Å²) in [5, 5.41) is 13.5. The van der Waals surface area contributed by atoms with Crippen molar-refractivity contribution < 1.29 is 14.6 Å². The Morgan fingerprint density at radius 1 is 1.53 bits per heavy atom. The van der Waals surface area contributed by atoms with Crippen LogP contribution in [0.2, 0.25) is 5.02 Å². The van der Waals surface area contributed by atoms with Crippen LogP contribution in [0.5, 0.6) is 5.75 Å². The smallest absolute Gasteiger partial charge is 0.339 e. The summed E-state index contributed by atoms with van der Waals surface area (Å²) in [6.07, 6.45) is 4.31. The maximum atomic E-state index is 11.1. The van der Waals surface area contributed by atoms with Crippen LogP contribution in [0.3, 0.4) is 0 Å². The number of nitrogens with zero attached hydrogens (tertiary/aromatic N) is 2. The van der Waals surface area contributed by atoms with Crippen LogP contribution in [0.15, 0.2) is 30.6 Å². The quantitative estimate of drug-likeness (QED) is 0.913. The molecule has 0 aliphatic carbocycles. The minimum absolute atomic E-state index is 0.0682. The highest BCUT2D eigenvalue weighted by molar-refractivity contribution is 6.31. The summed E-state index contributed by atoms with van der Waals surface area (Å²) < 4.78 is 7.20. The van der Waals surface area contributed by atoms with Gasteiger partial charge in [0.05, 0.1) is 12.8 Å². The van der Waals surface area contributed by atoms with Gasteiger partial charge in [-0.3, -0.25) is 4.68 Å². The van der Waals surface area contributed by atoms with Gasteiger partial charge in [-0.05, 0) is 23.8 Å². The first-order valence-corrected chi connectivity index (χ1v) is 6.07. The van der Waals surface area contributed by atoms with E-state index in [1.807, 2.05) is 13.2 Å². The van der Waals surface area contributed by atoms with Gasteiger partial charge < -0.3 is 9.84 Å². The standard InChI is InChI=1S/C13H13ClN2O3/c1-16-8-9(7-15-16)4-5-19-12-3-2-10(14)6-11(12)13(17)18/h2-3,6-8H,4-5H2,1H3,(H,17,18). The molecular weight excluding hydrogens is 268 g/mol. The lowest BCUT2D eigenvalue weighted by atomic mass is 10.2. The summed E-state index contributed by atoms with van der Waals surface area (Å²) in [5.41, 5.74) is 1.10. The van der Waals surface area contributed by atoms with Gasteiger partial charge >= 0.3 is 5.97 Å². The van der Waals surface area contributed by atoms with Gasteiger partial charge in [0, 0.05) is 24.7 Å². The van der Waals surface area contributed by atoms with E-state index in [2.05, 4.69) is 5.10 Å². The summed E-state index contributed by atoms with van der Waals surface area (Å²) in [6.45, 7) is 0.383. The molecule has 0 radical (unpaired) electrons. The second-order valence-electron chi connectivity index (χ2n) is 4.07. The number of hydrogen-bond acceptors (Lipinski definition) is 3. The van der Waals surface area contributed by atoms with Crippen molar-refractivity contribution in [1.82, 2.24) is 9.78 Å². The lowest BCUT2D eigenvalue weighted by Gasteiger charge is -2.08. The van der Waals surface area contributed by atoms with Crippen molar-refractivity contribution in [3.8, 4) is 5.75 Å². The molecule has 0 saturated heterocycles. The normalized spacial score (nSPS) is 10.4. The molecule has 6 heteroatoms. The lowest BCUT2D eigenvalue weighted by Crippen LogP contribution is -2.06. The molecule has 1 N–H and O–H groups in total. The summed E-state index contributed by atoms with van der Waals surface area (Å²) in [6, 6.07) is 4.55. The zero-order chi connectivity index (χ0) is 13.8. The first kappa shape index (κ1) is 13.4. The molecule has 0 fully saturated rings. The fourth-order valence-corrected chi connectivity index (χ4v) is 1.85. The Balaban J connectivity index is 2.01. The largest absolute Gasteiger partial charge is 0.492 e. The van der Waals surface area contributed by atoms with Gasteiger partial charge in [0.15, 0.2) is 0 Å². The van der Waals surface area contributed by atoms with Crippen LogP contribution in [0.1, 0.15) is 15.9 Å². The zero-order valence-electron chi connectivity index (χ0n) is 10.3. The minimum atomic E-state index is -1.06. The Morgan fingerprint density at radius 2 is 2.32 bits per heavy atom. The van der Waals surface area contributed by atoms with Gasteiger partial charge in [-0.1, -0.05) is 11.6 Å². The van der Waals surface area contributed by atoms with Gasteiger partial charge in [0.25, 0.3) is 0 Å². The van der Waals surface area contributed by atoms with E-state index in [1.54, 1.807) is 23.0 Å². The average Bonchev–Trinajstić information content (AvgIpc) is 2.77. The monoisotopic (exact) mass is 280 g/mol. The maximum absolute atomic E-state index is 11.1. The van der Waals surface area contributed by atoms with Crippen LogP contribution in [0.25, 0.3) is 0 Å². The topological polar surface area (TPSA) is 64.3 Å². The van der Waals surface area contributed by atoms with Crippen LogP contribution in [-0.2, 0) is 13.5 Å². The fraction of sp³-hybridized carbons (Fsp3) is 0.231. The van der Waals surface area contributed by atoms with Crippen molar-refractivity contribution in [1.29, 1.82) is 0 Å². The summed E-state index contributed by atoms with van der Waals surface area (Å²) in [4.78, 5) is 11.1. The Bertz CT molecular complexity index is 595. The van der Waals surface area contributed by atoms with Crippen molar-refractivity contribution in [3.63, 3.8) is 0 Å². The predicted octanol–water partition coefficient (Wildman–Crippen LogP) is 2.39. The number of halogens is 1. The number of carbonyl (C=O) groups is 1. The number of aromatic nitrogens is 2. The zero-order valence-corrected chi connectivity index (χ0v) is 11.1. The van der Waals surface area contributed by atoms with Crippen molar-refractivity contribution in [2.24, 2.45) is 7.05 Å². The van der Waals surface area contributed by atoms with Crippen LogP contribution in [0, 0.1) is 0 Å². The Morgan fingerprint density at radius 3 is 2.95 bits per heavy atom. The third kappa shape index (κ3) is 3.48. The van der Waals surface area contributed by atoms with E-state index < -0.39 is 5.97 Å². The molecule has 0 amide bonds. The number of benzene rings is 1. The van der Waals surface area contributed by atoms with Crippen molar-refractivity contribution >= 4 is 17.6 Å². The molecule has 0 unspecified atom stereocenters. The van der Waals surface area contributed by atoms with Crippen LogP contribution >= 0.6 is 11.6 Å². The average molecular weight is 281 g/mol. The third-order valence-electron chi connectivity index (χ3n) is 2.58. The summed E-state index contributed by atoms with van der Waals surface area (Å²) >= 11 is 5.76. The van der Waals surface area contributed by atoms with Crippen molar-refractivity contribution in [3.05, 3.63) is 46.7 Å². The number of aromatic carboxylic acids is 1. The summed E-state index contributed by atoms with van der Waals surface area (Å²) in [7, 11) is 1.84. The molecule has 1 aromatic carbocycles. The SMILES string of the molecule is Cn1cc(CCOc2ccc(Cl)cc2C(=O)O)cn1. The molecular formula is C13H13ClN2O3. The third-order valence-corrected chi connectivity index (χ3v) is 2.81. The van der Waals surface area contributed by atoms with Gasteiger partial charge in [0.1, 0.15) is 11.3 Å². The van der Waals surface area contributed by atoms with Crippen LogP contribution < -0.4 is 4.74 Å². The van der Waals surface area contributed by atoms with E-state index in [9.17, 15) is 4.79 Å². The van der Waals surface area contributed by atoms with E-state index in [4.69, 9.17) is 21.4 Å². The van der Waals surface area contributed by atoms with E-state index in [-0.39, 0.29) is 5.56 Å². The second-order valence-corrected chi connectivity index (χ2v) is 4.50. The van der Waals surface area contributed by atoms with Crippen molar-refractivity contribution in [2.45, 2.75) is 6.42 Å². The van der Waals surface area contributed by atoms with E-state index in [0.717, 1.165) is 5.56 Å². The Labute approximate surface area is 115 Å². The minimum Gasteiger partial charge on any atom is -0.492 e. The molecule has 2 aromatic rings. The molecule has 19 heavy (non-hydrogen) atoms. The molecule has 0 spiro atoms. The fourth-order valence-electron chi connectivity index (χ4n) is 1.68. The molecule has 2 rings (SSSR count). The first-order valence-electron chi connectivity index (χ1n) is 5.69. The highest BCUT2D eigenvalue weighted by Crippen LogP contribution is 2.23. The van der Waals surface area contributed by atoms with E-state index in [0.29, 0.717) is 23.8 Å². The number of carboxylic acid groups (broad SMARTS) is 1. The number of hydrogen-bond donors (Lipinski definition) is 1. The van der Waals surface area contributed by atoms with Crippen LogP contribution in [-0.4, -0.2) is 27.5 Å². The number of carboxylic acids is 1. The molecule has 1 aromatic heterocycles. The molecule has 0 atom stereocenters. The number of rotatable bonds is 5. The highest BCUT2D eigenvalue weighted by Gasteiger charge is 2.12. The van der Waals surface area contributed by atoms with Gasteiger partial charge in [0.2, 0.25) is 0 Å². The molecule has 0 bridgehead atoms. The van der Waals surface area contributed by atoms with E-state index in [1.165, 1.54) is 6.07 Å². The molecule has 0 saturated carbocycles. The highest BCUT2D eigenvalue weighted by atomic mass is 35.5. The molecule has 100 valence electrons. The summed E-state index contributed by atoms with van der Waals surface area (Å²) in [5.74, 6) is -0.736. The number of aryl methyl sites for hydroxylation is 1. The van der Waals surface area contributed by atoms with Crippen LogP contribution in [0.4, 0.5) is 0 Å². The Hall–Kier alpha value is -2.01. The predicted molar refractivity (Wildman–Crippen MR) is 70.8 cm³/mol. The van der Waals surface area contributed by atoms with Gasteiger partial charge in [-0.15, -0.1) is 0 Å². The van der Waals surface area contributed by atoms with E-state index >= 15 is 0 Å². The molecule has 1 heterocycles. The van der Waals surface area contributed by atoms with Crippen molar-refractivity contribution in [2.75, 3.05) is 6.61 Å². The lowest BCUT2D eigenvalue weighted by molar-refractivity contribution is 0.0692. The van der Waals surface area contributed by atoms with Gasteiger partial charge in [-0.25, -0.2) is 4.79 Å². The Kier molecular flexibility index (Phi) is 4.06. The van der Waals surface area contributed by atoms with Gasteiger partial charge in [-0.2, -0.15) is 5.10 Å². The number of ether oxygens (including phenoxy) is 1. The maximum Gasteiger partial charge on any atom is 0.339 e. The molecule has 0 aliphatic rings. The second kappa shape index (κ2) is 5.75. The molecule has 5 nitrogen and oxygen atoms in total.